The summed E-state index contributed by atoms with van der Waals surface area (Å²) in [5.41, 5.74) is 28.6. The number of nitrogens with zero attached hydrogens (tertiary/aromatic N) is 2. The minimum Gasteiger partial charge on any atom is -0.310 e. The predicted molar refractivity (Wildman–Crippen MR) is 298 cm³/mol. The van der Waals surface area contributed by atoms with Gasteiger partial charge < -0.3 is 9.13 Å². The summed E-state index contributed by atoms with van der Waals surface area (Å²) in [6.07, 6.45) is 0. The van der Waals surface area contributed by atoms with Gasteiger partial charge in [0.05, 0.1) is 16.4 Å². The molecule has 346 valence electrons. The topological polar surface area (TPSA) is 9.86 Å². The molecule has 69 heavy (non-hydrogen) atoms. The Labute approximate surface area is 411 Å². The molecule has 0 fully saturated rings. The van der Waals surface area contributed by atoms with Gasteiger partial charge in [-0.15, -0.1) is 0 Å². The summed E-state index contributed by atoms with van der Waals surface area (Å²) in [6, 6.07) is 43.1. The summed E-state index contributed by atoms with van der Waals surface area (Å²) in [5.74, 6) is 0.385. The number of hydrogen-bond acceptors (Lipinski definition) is 0. The van der Waals surface area contributed by atoms with Gasteiger partial charge in [-0.2, -0.15) is 0 Å². The van der Waals surface area contributed by atoms with E-state index in [1.54, 1.807) is 0 Å². The normalized spacial score (nSPS) is 15.5. The predicted octanol–water partition coefficient (Wildman–Crippen LogP) is 15.3. The Morgan fingerprint density at radius 3 is 1.43 bits per heavy atom. The molecule has 7 aromatic carbocycles. The molecule has 0 amide bonds. The summed E-state index contributed by atoms with van der Waals surface area (Å²) < 4.78 is 5.50. The van der Waals surface area contributed by atoms with Gasteiger partial charge in [0.15, 0.2) is 0 Å². The molecular weight excluding hydrogens is 832 g/mol. The summed E-state index contributed by atoms with van der Waals surface area (Å²) in [5, 5.41) is 5.58. The minimum absolute atomic E-state index is 0.00318. The fraction of sp³-hybridized carbons (Fsp3) is 0.364. The molecule has 0 bridgehead atoms. The van der Waals surface area contributed by atoms with Crippen LogP contribution >= 0.6 is 0 Å². The molecule has 0 N–H and O–H groups in total. The van der Waals surface area contributed by atoms with E-state index in [4.69, 9.17) is 0 Å². The Morgan fingerprint density at radius 2 is 0.913 bits per heavy atom. The Bertz CT molecular complexity index is 3760. The van der Waals surface area contributed by atoms with E-state index in [0.29, 0.717) is 5.92 Å². The highest BCUT2D eigenvalue weighted by Crippen LogP contribution is 2.63. The lowest BCUT2D eigenvalue weighted by atomic mass is 9.33. The van der Waals surface area contributed by atoms with E-state index in [-0.39, 0.29) is 33.8 Å². The lowest BCUT2D eigenvalue weighted by molar-refractivity contribution is 0.587. The van der Waals surface area contributed by atoms with Crippen LogP contribution in [0.3, 0.4) is 0 Å². The van der Waals surface area contributed by atoms with Gasteiger partial charge in [0.25, 0.3) is 6.71 Å². The van der Waals surface area contributed by atoms with Crippen LogP contribution in [0.25, 0.3) is 66.1 Å². The van der Waals surface area contributed by atoms with Gasteiger partial charge in [0.2, 0.25) is 0 Å². The highest BCUT2D eigenvalue weighted by molar-refractivity contribution is 7.00. The van der Waals surface area contributed by atoms with E-state index in [1.165, 1.54) is 138 Å². The number of hydrogen-bond donors (Lipinski definition) is 0. The monoisotopic (exact) mass is 901 g/mol. The van der Waals surface area contributed by atoms with E-state index in [9.17, 15) is 0 Å². The molecule has 2 nitrogen and oxygen atoms in total. The van der Waals surface area contributed by atoms with Crippen molar-refractivity contribution >= 4 is 66.7 Å². The smallest absolute Gasteiger partial charge is 0.252 e. The van der Waals surface area contributed by atoms with Crippen LogP contribution in [0, 0.1) is 0 Å². The van der Waals surface area contributed by atoms with Crippen LogP contribution in [-0.2, 0) is 32.5 Å². The molecule has 5 heterocycles. The SMILES string of the molecule is CC(C)c1cccc2c1c1cc(C(C)(C)C)cc3c1n2-c1ccc2c4c1B3c1cc(C(C)(C)C)cc3c5cc(C(C)(C)C)cc(c5n-4c13)C21c2ccc(C(C)(C)C)cc2-c2cc(C(C)(C)C)ccc21. The molecule has 2 aromatic heterocycles. The molecule has 0 atom stereocenters. The van der Waals surface area contributed by atoms with Crippen molar-refractivity contribution in [2.45, 2.75) is 156 Å². The first-order valence-corrected chi connectivity index (χ1v) is 26.0. The molecule has 1 aliphatic carbocycles. The van der Waals surface area contributed by atoms with Gasteiger partial charge in [0, 0.05) is 44.0 Å². The molecule has 9 aromatic rings. The molecule has 3 heteroatoms. The summed E-state index contributed by atoms with van der Waals surface area (Å²) in [6.45, 7) is 40.7. The van der Waals surface area contributed by atoms with Gasteiger partial charge in [0.1, 0.15) is 0 Å². The van der Waals surface area contributed by atoms with Gasteiger partial charge in [-0.25, -0.2) is 0 Å². The fourth-order valence-corrected chi connectivity index (χ4v) is 13.6. The van der Waals surface area contributed by atoms with E-state index in [0.717, 1.165) is 0 Å². The molecule has 3 aliphatic heterocycles. The molecule has 0 saturated carbocycles. The Morgan fingerprint density at radius 1 is 0.435 bits per heavy atom. The molecular formula is C66H69BN2. The van der Waals surface area contributed by atoms with Crippen LogP contribution in [0.15, 0.2) is 103 Å². The Kier molecular flexibility index (Phi) is 8.11. The van der Waals surface area contributed by atoms with Crippen molar-refractivity contribution in [1.82, 2.24) is 9.13 Å². The van der Waals surface area contributed by atoms with Gasteiger partial charge in [-0.1, -0.05) is 190 Å². The van der Waals surface area contributed by atoms with Gasteiger partial charge in [-0.05, 0) is 146 Å². The second-order valence-corrected chi connectivity index (χ2v) is 27.3. The highest BCUT2D eigenvalue weighted by atomic mass is 15.1. The lowest BCUT2D eigenvalue weighted by Crippen LogP contribution is -2.60. The molecule has 0 unspecified atom stereocenters. The fourth-order valence-electron chi connectivity index (χ4n) is 13.6. The minimum atomic E-state index is -0.562. The average molecular weight is 901 g/mol. The summed E-state index contributed by atoms with van der Waals surface area (Å²) in [7, 11) is 0. The maximum atomic E-state index is 2.80. The number of aromatic nitrogens is 2. The largest absolute Gasteiger partial charge is 0.310 e. The maximum Gasteiger partial charge on any atom is 0.252 e. The molecule has 13 rings (SSSR count). The number of fused-ring (bicyclic) bond motifs is 14. The van der Waals surface area contributed by atoms with Crippen LogP contribution in [0.2, 0.25) is 0 Å². The summed E-state index contributed by atoms with van der Waals surface area (Å²) in [4.78, 5) is 0. The third-order valence-corrected chi connectivity index (χ3v) is 17.4. The maximum absolute atomic E-state index is 2.80. The highest BCUT2D eigenvalue weighted by Gasteiger charge is 2.55. The molecule has 1 spiro atoms. The lowest BCUT2D eigenvalue weighted by Gasteiger charge is -2.44. The van der Waals surface area contributed by atoms with Crippen LogP contribution in [0.5, 0.6) is 0 Å². The average Bonchev–Trinajstić information content (AvgIpc) is 3.88. The second kappa shape index (κ2) is 12.9. The standard InChI is InChI=1S/C66H69BN2/c1-35(2)41-19-18-20-53-55(41)46-31-40(65(15,16)17)34-52-59(46)68(53)54-26-25-49-60-56(54)67(52)51-33-39(64(12,13)14)30-45-44-29-38(63(9,10)11)32-50(57(44)69(60)58(45)51)66(49)47-23-21-36(61(3,4)5)27-42(47)43-28-37(62(6,7)8)22-24-48(43)66/h18-35H,1-17H3. The first kappa shape index (κ1) is 43.2. The van der Waals surface area contributed by atoms with Crippen molar-refractivity contribution in [3.8, 4) is 22.5 Å². The van der Waals surface area contributed by atoms with Gasteiger partial charge >= 0.3 is 0 Å². The van der Waals surface area contributed by atoms with E-state index < -0.39 is 5.41 Å². The molecule has 4 aliphatic rings. The quantitative estimate of drug-likeness (QED) is 0.145. The zero-order chi connectivity index (χ0) is 48.8. The molecule has 0 radical (unpaired) electrons. The van der Waals surface area contributed by atoms with Crippen molar-refractivity contribution in [1.29, 1.82) is 0 Å². The Hall–Kier alpha value is -5.80. The van der Waals surface area contributed by atoms with Crippen molar-refractivity contribution in [2.24, 2.45) is 0 Å². The van der Waals surface area contributed by atoms with Gasteiger partial charge in [-0.3, -0.25) is 0 Å². The van der Waals surface area contributed by atoms with E-state index in [2.05, 4.69) is 230 Å². The zero-order valence-corrected chi connectivity index (χ0v) is 44.4. The van der Waals surface area contributed by atoms with Crippen molar-refractivity contribution in [3.63, 3.8) is 0 Å². The summed E-state index contributed by atoms with van der Waals surface area (Å²) >= 11 is 0. The zero-order valence-electron chi connectivity index (χ0n) is 44.4. The van der Waals surface area contributed by atoms with Crippen LogP contribution in [0.4, 0.5) is 0 Å². The second-order valence-electron chi connectivity index (χ2n) is 27.3. The van der Waals surface area contributed by atoms with Crippen LogP contribution in [0.1, 0.15) is 179 Å². The number of rotatable bonds is 1. The first-order valence-electron chi connectivity index (χ1n) is 26.0. The number of benzene rings is 7. The van der Waals surface area contributed by atoms with Crippen LogP contribution in [-0.4, -0.2) is 15.8 Å². The van der Waals surface area contributed by atoms with Crippen LogP contribution < -0.4 is 16.4 Å². The van der Waals surface area contributed by atoms with E-state index in [1.807, 2.05) is 0 Å². The van der Waals surface area contributed by atoms with Crippen molar-refractivity contribution in [3.05, 3.63) is 159 Å². The van der Waals surface area contributed by atoms with Crippen molar-refractivity contribution in [2.75, 3.05) is 0 Å². The third-order valence-electron chi connectivity index (χ3n) is 17.4. The van der Waals surface area contributed by atoms with E-state index >= 15 is 0 Å². The molecule has 0 saturated heterocycles. The Balaban J connectivity index is 1.31. The van der Waals surface area contributed by atoms with Crippen molar-refractivity contribution < 1.29 is 0 Å². The third kappa shape index (κ3) is 5.35. The first-order chi connectivity index (χ1) is 32.2.